The number of benzene rings is 1. The number of carbonyl (C=O) groups is 1. The first-order chi connectivity index (χ1) is 13.7. The van der Waals surface area contributed by atoms with Gasteiger partial charge < -0.3 is 15.3 Å². The van der Waals surface area contributed by atoms with E-state index in [9.17, 15) is 9.90 Å². The first-order valence-electron chi connectivity index (χ1n) is 10.2. The zero-order valence-electron chi connectivity index (χ0n) is 16.2. The Balaban J connectivity index is 1.22. The number of nitrogens with zero attached hydrogens (tertiary/aromatic N) is 2. The number of amides is 2. The third-order valence-electron chi connectivity index (χ3n) is 5.84. The third kappa shape index (κ3) is 4.74. The van der Waals surface area contributed by atoms with Gasteiger partial charge in [0.05, 0.1) is 6.10 Å². The first-order valence-corrected chi connectivity index (χ1v) is 11.1. The van der Waals surface area contributed by atoms with Crippen LogP contribution in [0.3, 0.4) is 0 Å². The number of hydrogen-bond donors (Lipinski definition) is 2. The lowest BCUT2D eigenvalue weighted by Gasteiger charge is -2.33. The van der Waals surface area contributed by atoms with E-state index in [0.29, 0.717) is 19.0 Å². The van der Waals surface area contributed by atoms with Gasteiger partial charge in [-0.2, -0.15) is 0 Å². The molecule has 2 aliphatic rings. The van der Waals surface area contributed by atoms with Crippen LogP contribution in [0.15, 0.2) is 41.8 Å². The maximum Gasteiger partial charge on any atom is 0.317 e. The number of thiophene rings is 1. The Morgan fingerprint density at radius 2 is 2.11 bits per heavy atom. The number of carbonyl (C=O) groups excluding carboxylic acids is 1. The summed E-state index contributed by atoms with van der Waals surface area (Å²) < 4.78 is 0. The zero-order chi connectivity index (χ0) is 19.3. The molecule has 2 N–H and O–H groups in total. The number of nitrogens with one attached hydrogen (secondary N) is 1. The van der Waals surface area contributed by atoms with Crippen molar-refractivity contribution in [3.8, 4) is 0 Å². The summed E-state index contributed by atoms with van der Waals surface area (Å²) in [6.07, 6.45) is 2.65. The zero-order valence-corrected chi connectivity index (χ0v) is 17.0. The SMILES string of the molecule is O=C(NCC(O)CN1CCc2ccsc2C1)N1CCCC(c2ccccc2)C1. The fraction of sp³-hybridized carbons (Fsp3) is 0.500. The summed E-state index contributed by atoms with van der Waals surface area (Å²) in [5, 5.41) is 15.5. The highest BCUT2D eigenvalue weighted by Gasteiger charge is 2.25. The number of urea groups is 1. The molecular weight excluding hydrogens is 370 g/mol. The average Bonchev–Trinajstić information content (AvgIpc) is 3.20. The van der Waals surface area contributed by atoms with Crippen molar-refractivity contribution in [3.05, 3.63) is 57.8 Å². The minimum atomic E-state index is -0.542. The highest BCUT2D eigenvalue weighted by Crippen LogP contribution is 2.27. The molecule has 1 aromatic heterocycles. The van der Waals surface area contributed by atoms with Gasteiger partial charge in [-0.25, -0.2) is 4.79 Å². The molecule has 28 heavy (non-hydrogen) atoms. The lowest BCUT2D eigenvalue weighted by molar-refractivity contribution is 0.103. The van der Waals surface area contributed by atoms with Gasteiger partial charge in [-0.15, -0.1) is 11.3 Å². The highest BCUT2D eigenvalue weighted by atomic mass is 32.1. The summed E-state index contributed by atoms with van der Waals surface area (Å²) in [6, 6.07) is 12.6. The number of fused-ring (bicyclic) bond motifs is 1. The summed E-state index contributed by atoms with van der Waals surface area (Å²) in [7, 11) is 0. The Bertz CT molecular complexity index is 779. The average molecular weight is 400 g/mol. The van der Waals surface area contributed by atoms with E-state index in [4.69, 9.17) is 0 Å². The summed E-state index contributed by atoms with van der Waals surface area (Å²) >= 11 is 1.79. The van der Waals surface area contributed by atoms with Crippen molar-refractivity contribution < 1.29 is 9.90 Å². The predicted molar refractivity (Wildman–Crippen MR) is 113 cm³/mol. The van der Waals surface area contributed by atoms with Gasteiger partial charge in [-0.3, -0.25) is 4.90 Å². The van der Waals surface area contributed by atoms with Crippen molar-refractivity contribution in [2.45, 2.75) is 37.8 Å². The molecule has 3 heterocycles. The Labute approximate surface area is 171 Å². The van der Waals surface area contributed by atoms with Crippen LogP contribution >= 0.6 is 11.3 Å². The van der Waals surface area contributed by atoms with Gasteiger partial charge in [0.15, 0.2) is 0 Å². The topological polar surface area (TPSA) is 55.8 Å². The number of likely N-dealkylation sites (tertiary alicyclic amines) is 1. The number of piperidine rings is 1. The molecule has 1 saturated heterocycles. The fourth-order valence-electron chi connectivity index (χ4n) is 4.28. The molecule has 4 rings (SSSR count). The molecule has 2 amide bonds. The second kappa shape index (κ2) is 9.07. The van der Waals surface area contributed by atoms with E-state index in [1.54, 1.807) is 11.3 Å². The molecule has 2 unspecified atom stereocenters. The summed E-state index contributed by atoms with van der Waals surface area (Å²) in [5.74, 6) is 0.402. The quantitative estimate of drug-likeness (QED) is 0.813. The number of hydrogen-bond acceptors (Lipinski definition) is 4. The molecule has 0 spiro atoms. The monoisotopic (exact) mass is 399 g/mol. The molecular formula is C22H29N3O2S. The minimum Gasteiger partial charge on any atom is -0.390 e. The van der Waals surface area contributed by atoms with Gasteiger partial charge in [0.25, 0.3) is 0 Å². The number of β-amino-alcohol motifs (C(OH)–C–C–N with tert-alkyl or cyclic N) is 1. The molecule has 2 atom stereocenters. The Morgan fingerprint density at radius 1 is 1.25 bits per heavy atom. The lowest BCUT2D eigenvalue weighted by Crippen LogP contribution is -2.48. The second-order valence-corrected chi connectivity index (χ2v) is 8.89. The Morgan fingerprint density at radius 3 is 2.96 bits per heavy atom. The first kappa shape index (κ1) is 19.4. The molecule has 6 heteroatoms. The molecule has 5 nitrogen and oxygen atoms in total. The number of aliphatic hydroxyl groups is 1. The van der Waals surface area contributed by atoms with Crippen LogP contribution in [-0.2, 0) is 13.0 Å². The van der Waals surface area contributed by atoms with Crippen molar-refractivity contribution in [1.82, 2.24) is 15.1 Å². The molecule has 2 aromatic rings. The maximum absolute atomic E-state index is 12.6. The fourth-order valence-corrected chi connectivity index (χ4v) is 5.26. The standard InChI is InChI=1S/C22H29N3O2S/c26-20(15-24-11-8-18-9-12-28-21(18)16-24)13-23-22(27)25-10-4-7-19(14-25)17-5-2-1-3-6-17/h1-3,5-6,9,12,19-20,26H,4,7-8,10-11,13-16H2,(H,23,27). The van der Waals surface area contributed by atoms with Gasteiger partial charge >= 0.3 is 6.03 Å². The van der Waals surface area contributed by atoms with E-state index < -0.39 is 6.10 Å². The van der Waals surface area contributed by atoms with Gasteiger partial charge in [-0.05, 0) is 41.8 Å². The van der Waals surface area contributed by atoms with Gasteiger partial charge in [0.2, 0.25) is 0 Å². The van der Waals surface area contributed by atoms with E-state index in [0.717, 1.165) is 45.4 Å². The number of aliphatic hydroxyl groups excluding tert-OH is 1. The lowest BCUT2D eigenvalue weighted by atomic mass is 9.91. The van der Waals surface area contributed by atoms with E-state index in [1.165, 1.54) is 16.0 Å². The molecule has 0 radical (unpaired) electrons. The van der Waals surface area contributed by atoms with Crippen molar-refractivity contribution in [2.24, 2.45) is 0 Å². The smallest absolute Gasteiger partial charge is 0.317 e. The minimum absolute atomic E-state index is 0.0566. The Kier molecular flexibility index (Phi) is 6.29. The molecule has 1 aromatic carbocycles. The van der Waals surface area contributed by atoms with E-state index in [1.807, 2.05) is 11.0 Å². The van der Waals surface area contributed by atoms with E-state index in [-0.39, 0.29) is 6.03 Å². The van der Waals surface area contributed by atoms with Crippen molar-refractivity contribution in [1.29, 1.82) is 0 Å². The normalized spacial score (nSPS) is 21.2. The van der Waals surface area contributed by atoms with Crippen LogP contribution in [-0.4, -0.2) is 59.8 Å². The van der Waals surface area contributed by atoms with Gasteiger partial charge in [-0.1, -0.05) is 30.3 Å². The molecule has 150 valence electrons. The molecule has 0 bridgehead atoms. The van der Waals surface area contributed by atoms with Crippen LogP contribution < -0.4 is 5.32 Å². The van der Waals surface area contributed by atoms with Crippen LogP contribution in [0.2, 0.25) is 0 Å². The summed E-state index contributed by atoms with van der Waals surface area (Å²) in [5.41, 5.74) is 2.75. The van der Waals surface area contributed by atoms with Crippen LogP contribution in [0, 0.1) is 0 Å². The second-order valence-electron chi connectivity index (χ2n) is 7.89. The predicted octanol–water partition coefficient (Wildman–Crippen LogP) is 3.06. The highest BCUT2D eigenvalue weighted by molar-refractivity contribution is 7.10. The molecule has 0 aliphatic carbocycles. The summed E-state index contributed by atoms with van der Waals surface area (Å²) in [4.78, 5) is 18.2. The molecule has 1 fully saturated rings. The maximum atomic E-state index is 12.6. The van der Waals surface area contributed by atoms with Crippen LogP contribution in [0.5, 0.6) is 0 Å². The largest absolute Gasteiger partial charge is 0.390 e. The van der Waals surface area contributed by atoms with Crippen molar-refractivity contribution in [3.63, 3.8) is 0 Å². The van der Waals surface area contributed by atoms with Gasteiger partial charge in [0.1, 0.15) is 0 Å². The number of rotatable bonds is 5. The van der Waals surface area contributed by atoms with Crippen LogP contribution in [0.1, 0.15) is 34.8 Å². The molecule has 2 aliphatic heterocycles. The van der Waals surface area contributed by atoms with E-state index in [2.05, 4.69) is 45.9 Å². The van der Waals surface area contributed by atoms with Crippen LogP contribution in [0.25, 0.3) is 0 Å². The van der Waals surface area contributed by atoms with Crippen molar-refractivity contribution >= 4 is 17.4 Å². The summed E-state index contributed by atoms with van der Waals surface area (Å²) in [6.45, 7) is 4.32. The third-order valence-corrected chi connectivity index (χ3v) is 6.79. The van der Waals surface area contributed by atoms with E-state index >= 15 is 0 Å². The molecule has 0 saturated carbocycles. The van der Waals surface area contributed by atoms with Crippen molar-refractivity contribution in [2.75, 3.05) is 32.7 Å². The van der Waals surface area contributed by atoms with Gasteiger partial charge in [0, 0.05) is 50.1 Å². The van der Waals surface area contributed by atoms with Crippen LogP contribution in [0.4, 0.5) is 4.79 Å². The Hall–Kier alpha value is -1.89.